The van der Waals surface area contributed by atoms with Gasteiger partial charge in [0, 0.05) is 43.0 Å². The van der Waals surface area contributed by atoms with Gasteiger partial charge in [-0.25, -0.2) is 4.99 Å². The zero-order chi connectivity index (χ0) is 31.1. The van der Waals surface area contributed by atoms with Gasteiger partial charge in [-0.1, -0.05) is 32.9 Å². The van der Waals surface area contributed by atoms with E-state index in [1.807, 2.05) is 24.3 Å². The van der Waals surface area contributed by atoms with Gasteiger partial charge in [0.1, 0.15) is 11.5 Å². The van der Waals surface area contributed by atoms with Gasteiger partial charge in [-0.15, -0.1) is 0 Å². The van der Waals surface area contributed by atoms with Gasteiger partial charge >= 0.3 is 0 Å². The summed E-state index contributed by atoms with van der Waals surface area (Å²) in [5.41, 5.74) is 20.2. The van der Waals surface area contributed by atoms with E-state index in [0.29, 0.717) is 56.2 Å². The van der Waals surface area contributed by atoms with Crippen molar-refractivity contribution in [3.63, 3.8) is 0 Å². The molecule has 12 heteroatoms. The molecule has 3 amide bonds. The van der Waals surface area contributed by atoms with Crippen LogP contribution in [0.3, 0.4) is 0 Å². The Labute approximate surface area is 252 Å². The van der Waals surface area contributed by atoms with E-state index in [1.54, 1.807) is 34.1 Å². The monoisotopic (exact) mass is 590 g/mol. The second-order valence-electron chi connectivity index (χ2n) is 11.8. The van der Waals surface area contributed by atoms with Crippen LogP contribution in [0.1, 0.15) is 59.9 Å². The number of nitrogens with one attached hydrogen (secondary N) is 2. The molecular weight excluding hydrogens is 548 g/mol. The van der Waals surface area contributed by atoms with E-state index >= 15 is 0 Å². The maximum absolute atomic E-state index is 13.2. The first-order valence-electron chi connectivity index (χ1n) is 14.5. The molecule has 1 unspecified atom stereocenters. The van der Waals surface area contributed by atoms with E-state index in [2.05, 4.69) is 36.4 Å². The Morgan fingerprint density at radius 2 is 1.44 bits per heavy atom. The highest BCUT2D eigenvalue weighted by Crippen LogP contribution is 2.23. The van der Waals surface area contributed by atoms with Crippen LogP contribution in [0.4, 0.5) is 5.69 Å². The molecule has 12 nitrogen and oxygen atoms in total. The summed E-state index contributed by atoms with van der Waals surface area (Å²) in [4.78, 5) is 46.0. The molecule has 2 aliphatic heterocycles. The number of carbonyl (C=O) groups is 3. The number of primary amides is 1. The largest absolute Gasteiger partial charge is 0.391 e. The maximum atomic E-state index is 13.2. The number of nitrogens with zero attached hydrogens (tertiary/aromatic N) is 3. The number of hydrogen-bond acceptors (Lipinski definition) is 7. The van der Waals surface area contributed by atoms with E-state index in [0.717, 1.165) is 18.4 Å². The van der Waals surface area contributed by atoms with Crippen LogP contribution in [0.5, 0.6) is 0 Å². The summed E-state index contributed by atoms with van der Waals surface area (Å²) in [6.45, 7) is 9.55. The molecule has 1 atom stereocenters. The first-order chi connectivity index (χ1) is 20.4. The molecule has 8 N–H and O–H groups in total. The zero-order valence-corrected chi connectivity index (χ0v) is 25.1. The van der Waals surface area contributed by atoms with Crippen molar-refractivity contribution in [1.82, 2.24) is 15.1 Å². The molecule has 0 spiro atoms. The highest BCUT2D eigenvalue weighted by molar-refractivity contribution is 5.96. The lowest BCUT2D eigenvalue weighted by Crippen LogP contribution is -2.44. The van der Waals surface area contributed by atoms with E-state index in [1.165, 1.54) is 0 Å². The molecule has 0 saturated carbocycles. The minimum atomic E-state index is -0.853. The Hall–Kier alpha value is -4.58. The molecular formula is C31H42N8O4. The van der Waals surface area contributed by atoms with E-state index < -0.39 is 5.91 Å². The molecule has 0 aliphatic carbocycles. The Kier molecular flexibility index (Phi) is 9.92. The fraction of sp³-hybridized carbons (Fsp3) is 0.419. The first kappa shape index (κ1) is 31.4. The van der Waals surface area contributed by atoms with Crippen molar-refractivity contribution in [1.29, 1.82) is 0 Å². The quantitative estimate of drug-likeness (QED) is 0.183. The Morgan fingerprint density at radius 3 is 2.02 bits per heavy atom. The third-order valence-electron chi connectivity index (χ3n) is 7.49. The molecule has 0 radical (unpaired) electrons. The van der Waals surface area contributed by atoms with Crippen LogP contribution < -0.4 is 27.8 Å². The van der Waals surface area contributed by atoms with Gasteiger partial charge in [0.2, 0.25) is 0 Å². The summed E-state index contributed by atoms with van der Waals surface area (Å²) in [7, 11) is 0. The number of benzene rings is 2. The summed E-state index contributed by atoms with van der Waals surface area (Å²) in [5, 5.41) is 5.87. The standard InChI is InChI=1S/C31H42N8O4/c1-31(2,3)22-10-6-20(7-11-22)29(42)39-14-4-5-24(19-39)36-30(34)37-27(25(32)26(33)40)35-23-12-8-21(9-13-23)28(41)38-15-17-43-18-16-38/h6-13,24,35H,4-5,14-19,32H2,1-3H3,(H2,33,40)(H3,34,36,37)/b27-25-. The molecule has 0 bridgehead atoms. The number of hydrogen-bond donors (Lipinski definition) is 5. The van der Waals surface area contributed by atoms with Gasteiger partial charge in [-0.05, 0) is 60.2 Å². The number of anilines is 1. The van der Waals surface area contributed by atoms with Crippen LogP contribution in [0.15, 0.2) is 65.0 Å². The Morgan fingerprint density at radius 1 is 0.860 bits per heavy atom. The van der Waals surface area contributed by atoms with Gasteiger partial charge in [0.05, 0.1) is 19.3 Å². The topological polar surface area (TPSA) is 181 Å². The Bertz CT molecular complexity index is 1370. The van der Waals surface area contributed by atoms with Crippen molar-refractivity contribution in [3.05, 3.63) is 76.7 Å². The predicted molar refractivity (Wildman–Crippen MR) is 166 cm³/mol. The van der Waals surface area contributed by atoms with E-state index in [9.17, 15) is 14.4 Å². The van der Waals surface area contributed by atoms with Crippen LogP contribution in [-0.2, 0) is 14.9 Å². The third-order valence-corrected chi connectivity index (χ3v) is 7.49. The lowest BCUT2D eigenvalue weighted by Gasteiger charge is -2.31. The number of amides is 3. The molecule has 230 valence electrons. The molecule has 2 heterocycles. The minimum Gasteiger partial charge on any atom is -0.391 e. The summed E-state index contributed by atoms with van der Waals surface area (Å²) in [6, 6.07) is 14.2. The van der Waals surface area contributed by atoms with Crippen molar-refractivity contribution in [3.8, 4) is 0 Å². The van der Waals surface area contributed by atoms with Crippen molar-refractivity contribution in [2.24, 2.45) is 22.2 Å². The van der Waals surface area contributed by atoms with Gasteiger partial charge in [0.25, 0.3) is 17.7 Å². The van der Waals surface area contributed by atoms with Crippen molar-refractivity contribution >= 4 is 29.4 Å². The van der Waals surface area contributed by atoms with Gasteiger partial charge in [-0.3, -0.25) is 14.4 Å². The molecule has 2 fully saturated rings. The van der Waals surface area contributed by atoms with Crippen LogP contribution in [0.2, 0.25) is 0 Å². The lowest BCUT2D eigenvalue weighted by atomic mass is 9.86. The van der Waals surface area contributed by atoms with Crippen LogP contribution >= 0.6 is 0 Å². The molecule has 4 rings (SSSR count). The lowest BCUT2D eigenvalue weighted by molar-refractivity contribution is -0.114. The number of morpholine rings is 1. The summed E-state index contributed by atoms with van der Waals surface area (Å²) >= 11 is 0. The zero-order valence-electron chi connectivity index (χ0n) is 25.1. The van der Waals surface area contributed by atoms with E-state index in [-0.39, 0.29) is 40.7 Å². The number of likely N-dealkylation sites (tertiary alicyclic amines) is 1. The van der Waals surface area contributed by atoms with Crippen LogP contribution in [0.25, 0.3) is 0 Å². The molecule has 43 heavy (non-hydrogen) atoms. The number of guanidine groups is 1. The number of piperidine rings is 1. The van der Waals surface area contributed by atoms with Gasteiger partial charge in [-0.2, -0.15) is 0 Å². The predicted octanol–water partition coefficient (Wildman–Crippen LogP) is 1.69. The number of rotatable bonds is 7. The average Bonchev–Trinajstić information content (AvgIpc) is 3.00. The molecule has 2 aromatic rings. The summed E-state index contributed by atoms with van der Waals surface area (Å²) < 4.78 is 5.31. The maximum Gasteiger partial charge on any atom is 0.268 e. The summed E-state index contributed by atoms with van der Waals surface area (Å²) in [6.07, 6.45) is 1.51. The molecule has 2 aromatic carbocycles. The highest BCUT2D eigenvalue weighted by Gasteiger charge is 2.25. The smallest absolute Gasteiger partial charge is 0.268 e. The van der Waals surface area contributed by atoms with Crippen molar-refractivity contribution in [2.75, 3.05) is 44.7 Å². The van der Waals surface area contributed by atoms with Gasteiger partial charge in [0.15, 0.2) is 5.96 Å². The summed E-state index contributed by atoms with van der Waals surface area (Å²) in [5.74, 6) is -0.918. The molecule has 2 aliphatic rings. The van der Waals surface area contributed by atoms with E-state index in [4.69, 9.17) is 21.9 Å². The second kappa shape index (κ2) is 13.6. The number of aliphatic imine (C=N–C) groups is 1. The molecule has 2 saturated heterocycles. The first-order valence-corrected chi connectivity index (χ1v) is 14.5. The number of nitrogens with two attached hydrogens (primary N) is 3. The molecule has 0 aromatic heterocycles. The van der Waals surface area contributed by atoms with Crippen LogP contribution in [0, 0.1) is 0 Å². The SMILES string of the molecule is CC(C)(C)c1ccc(C(=O)N2CCCC(N=C(N)N/C(Nc3ccc(C(=O)N4CCOCC4)cc3)=C(\N)C(N)=O)C2)cc1. The minimum absolute atomic E-state index is 0.00262. The number of ether oxygens (including phenoxy) is 1. The third kappa shape index (κ3) is 8.25. The number of carbonyl (C=O) groups excluding carboxylic acids is 3. The fourth-order valence-corrected chi connectivity index (χ4v) is 4.98. The van der Waals surface area contributed by atoms with Crippen LogP contribution in [-0.4, -0.2) is 78.9 Å². The second-order valence-corrected chi connectivity index (χ2v) is 11.8. The van der Waals surface area contributed by atoms with Crippen molar-refractivity contribution < 1.29 is 19.1 Å². The Balaban J connectivity index is 1.41. The van der Waals surface area contributed by atoms with Crippen molar-refractivity contribution in [2.45, 2.75) is 45.1 Å². The normalized spacial score (nSPS) is 18.5. The van der Waals surface area contributed by atoms with Gasteiger partial charge < -0.3 is 42.4 Å². The fourth-order valence-electron chi connectivity index (χ4n) is 4.98. The average molecular weight is 591 g/mol. The highest BCUT2D eigenvalue weighted by atomic mass is 16.5.